The second-order valence-electron chi connectivity index (χ2n) is 5.83. The van der Waals surface area contributed by atoms with Crippen molar-refractivity contribution in [2.45, 2.75) is 19.5 Å². The van der Waals surface area contributed by atoms with Crippen molar-refractivity contribution in [3.8, 4) is 0 Å². The van der Waals surface area contributed by atoms with Crippen LogP contribution in [-0.4, -0.2) is 21.8 Å². The van der Waals surface area contributed by atoms with Crippen molar-refractivity contribution >= 4 is 28.5 Å². The third-order valence-electron chi connectivity index (χ3n) is 4.06. The normalized spacial score (nSPS) is 18.7. The number of fused-ring (bicyclic) bond motifs is 2. The first-order valence-electron chi connectivity index (χ1n) is 8.32. The number of benzene rings is 2. The van der Waals surface area contributed by atoms with Gasteiger partial charge in [-0.3, -0.25) is 15.1 Å². The predicted octanol–water partition coefficient (Wildman–Crippen LogP) is 1.97. The molecular weight excluding hydrogens is 332 g/mol. The molecule has 1 atom stereocenters. The number of thioether (sulfide) groups is 1. The van der Waals surface area contributed by atoms with Gasteiger partial charge in [0.15, 0.2) is 11.3 Å². The fourth-order valence-corrected chi connectivity index (χ4v) is 3.64. The molecule has 2 heterocycles. The van der Waals surface area contributed by atoms with Crippen LogP contribution in [-0.2, 0) is 4.79 Å². The summed E-state index contributed by atoms with van der Waals surface area (Å²) in [5.41, 5.74) is 1.56. The fraction of sp³-hybridized carbons (Fsp3) is 0.211. The highest BCUT2D eigenvalue weighted by molar-refractivity contribution is 8.13. The molecule has 0 unspecified atom stereocenters. The first-order valence-corrected chi connectivity index (χ1v) is 9.30. The Kier molecular flexibility index (Phi) is 4.28. The maximum Gasteiger partial charge on any atom is 0.276 e. The van der Waals surface area contributed by atoms with E-state index in [9.17, 15) is 4.79 Å². The monoisotopic (exact) mass is 350 g/mol. The lowest BCUT2D eigenvalue weighted by Crippen LogP contribution is -2.50. The second-order valence-corrected chi connectivity index (χ2v) is 6.92. The topological polar surface area (TPSA) is 57.1 Å². The molecule has 0 radical (unpaired) electrons. The minimum atomic E-state index is -0.339. The summed E-state index contributed by atoms with van der Waals surface area (Å²) in [7, 11) is 0. The lowest BCUT2D eigenvalue weighted by molar-refractivity contribution is -0.116. The van der Waals surface area contributed by atoms with E-state index in [1.165, 1.54) is 0 Å². The summed E-state index contributed by atoms with van der Waals surface area (Å²) < 4.78 is 0. The van der Waals surface area contributed by atoms with Crippen molar-refractivity contribution in [3.63, 3.8) is 0 Å². The van der Waals surface area contributed by atoms with Gasteiger partial charge in [0.1, 0.15) is 5.70 Å². The number of carbonyl (C=O) groups excluding carboxylic acids is 1. The number of hydrogen-bond acceptors (Lipinski definition) is 5. The number of nitrogens with zero attached hydrogens (tertiary/aromatic N) is 3. The minimum Gasteiger partial charge on any atom is -0.298 e. The van der Waals surface area contributed by atoms with Crippen LogP contribution in [0, 0.1) is 0 Å². The molecule has 6 heteroatoms. The van der Waals surface area contributed by atoms with E-state index in [1.54, 1.807) is 16.8 Å². The van der Waals surface area contributed by atoms with Crippen LogP contribution in [0.3, 0.4) is 0 Å². The maximum atomic E-state index is 12.8. The van der Waals surface area contributed by atoms with E-state index in [0.717, 1.165) is 28.3 Å². The van der Waals surface area contributed by atoms with E-state index >= 15 is 0 Å². The Balaban J connectivity index is 1.90. The average Bonchev–Trinajstić information content (AvgIpc) is 2.66. The number of para-hydroxylation sites is 1. The zero-order valence-electron chi connectivity index (χ0n) is 13.8. The van der Waals surface area contributed by atoms with Crippen molar-refractivity contribution in [3.05, 3.63) is 70.7 Å². The minimum absolute atomic E-state index is 0.128. The molecule has 2 aromatic rings. The van der Waals surface area contributed by atoms with Crippen LogP contribution in [0.4, 0.5) is 0 Å². The third-order valence-corrected chi connectivity index (χ3v) is 5.13. The Bertz CT molecular complexity index is 955. The van der Waals surface area contributed by atoms with E-state index < -0.39 is 0 Å². The predicted molar refractivity (Wildman–Crippen MR) is 100.0 cm³/mol. The largest absolute Gasteiger partial charge is 0.298 e. The van der Waals surface area contributed by atoms with E-state index in [0.29, 0.717) is 10.9 Å². The smallest absolute Gasteiger partial charge is 0.276 e. The Labute approximate surface area is 150 Å². The van der Waals surface area contributed by atoms with Gasteiger partial charge in [-0.1, -0.05) is 67.2 Å². The Morgan fingerprint density at radius 2 is 1.88 bits per heavy atom. The molecule has 0 spiro atoms. The Morgan fingerprint density at radius 3 is 2.68 bits per heavy atom. The standard InChI is InChI=1S/C19H18N4OS/c1-2-12-25-19-21-18(24)16-14-10-6-7-11-15(14)20-17(23(16)22-19)13-8-4-3-5-9-13/h3-11,17H,2,12H2,1H3,(H,21,22,24)/t17-/m1/s1. The van der Waals surface area contributed by atoms with Crippen LogP contribution >= 0.6 is 11.8 Å². The summed E-state index contributed by atoms with van der Waals surface area (Å²) in [6.07, 6.45) is 0.681. The molecule has 0 saturated heterocycles. The lowest BCUT2D eigenvalue weighted by Gasteiger charge is -2.34. The van der Waals surface area contributed by atoms with E-state index in [4.69, 9.17) is 10.1 Å². The third kappa shape index (κ3) is 2.93. The number of amidine groups is 1. The first kappa shape index (κ1) is 15.9. The van der Waals surface area contributed by atoms with Crippen LogP contribution in [0.5, 0.6) is 0 Å². The highest BCUT2D eigenvalue weighted by atomic mass is 32.2. The molecular formula is C19H18N4OS. The number of nitrogens with one attached hydrogen (secondary N) is 1. The molecule has 126 valence electrons. The van der Waals surface area contributed by atoms with Crippen molar-refractivity contribution in [1.29, 1.82) is 0 Å². The summed E-state index contributed by atoms with van der Waals surface area (Å²) in [5, 5.41) is 11.6. The molecule has 0 saturated carbocycles. The molecule has 2 aliphatic rings. The van der Waals surface area contributed by atoms with Crippen LogP contribution in [0.2, 0.25) is 0 Å². The SMILES string of the molecule is CCCSC1=NN2C(=c3ccccc3=N[C@H]2c2ccccc2)C(=O)N1. The van der Waals surface area contributed by atoms with E-state index in [2.05, 4.69) is 12.2 Å². The van der Waals surface area contributed by atoms with Gasteiger partial charge in [-0.15, -0.1) is 5.10 Å². The van der Waals surface area contributed by atoms with Gasteiger partial charge in [0.05, 0.1) is 5.36 Å². The number of amides is 1. The number of hydrazone groups is 1. The zero-order chi connectivity index (χ0) is 17.2. The molecule has 2 aliphatic heterocycles. The zero-order valence-corrected chi connectivity index (χ0v) is 14.7. The maximum absolute atomic E-state index is 12.8. The number of carbonyl (C=O) groups is 1. The lowest BCUT2D eigenvalue weighted by atomic mass is 10.1. The quantitative estimate of drug-likeness (QED) is 0.921. The van der Waals surface area contributed by atoms with E-state index in [-0.39, 0.29) is 12.1 Å². The summed E-state index contributed by atoms with van der Waals surface area (Å²) in [6, 6.07) is 17.7. The van der Waals surface area contributed by atoms with Gasteiger partial charge < -0.3 is 0 Å². The van der Waals surface area contributed by atoms with Crippen molar-refractivity contribution in [2.75, 3.05) is 5.75 Å². The highest BCUT2D eigenvalue weighted by Crippen LogP contribution is 2.30. The fourth-order valence-electron chi connectivity index (χ4n) is 2.93. The number of rotatable bonds is 3. The molecule has 1 amide bonds. The highest BCUT2D eigenvalue weighted by Gasteiger charge is 2.34. The molecule has 25 heavy (non-hydrogen) atoms. The summed E-state index contributed by atoms with van der Waals surface area (Å²) in [6.45, 7) is 2.11. The molecule has 0 aliphatic carbocycles. The molecule has 0 fully saturated rings. The molecule has 5 nitrogen and oxygen atoms in total. The Hall–Kier alpha value is -2.60. The second kappa shape index (κ2) is 6.72. The van der Waals surface area contributed by atoms with Crippen molar-refractivity contribution in [2.24, 2.45) is 10.1 Å². The van der Waals surface area contributed by atoms with Gasteiger partial charge in [0, 0.05) is 11.0 Å². The van der Waals surface area contributed by atoms with Crippen LogP contribution in [0.1, 0.15) is 25.1 Å². The van der Waals surface area contributed by atoms with E-state index in [1.807, 2.05) is 54.6 Å². The van der Waals surface area contributed by atoms with Gasteiger partial charge in [-0.05, 0) is 18.1 Å². The molecule has 4 rings (SSSR count). The molecule has 2 aromatic carbocycles. The number of hydrogen-bond donors (Lipinski definition) is 1. The molecule has 0 bridgehead atoms. The van der Waals surface area contributed by atoms with Crippen LogP contribution < -0.4 is 15.9 Å². The van der Waals surface area contributed by atoms with Crippen molar-refractivity contribution in [1.82, 2.24) is 10.3 Å². The first-order chi connectivity index (χ1) is 12.3. The molecule has 1 N–H and O–H groups in total. The van der Waals surface area contributed by atoms with Crippen LogP contribution in [0.15, 0.2) is 64.7 Å². The average molecular weight is 350 g/mol. The van der Waals surface area contributed by atoms with Crippen LogP contribution in [0.25, 0.3) is 5.70 Å². The van der Waals surface area contributed by atoms with Gasteiger partial charge in [-0.25, -0.2) is 5.01 Å². The summed E-state index contributed by atoms with van der Waals surface area (Å²) >= 11 is 1.56. The van der Waals surface area contributed by atoms with Gasteiger partial charge in [0.2, 0.25) is 0 Å². The van der Waals surface area contributed by atoms with Gasteiger partial charge >= 0.3 is 0 Å². The Morgan fingerprint density at radius 1 is 1.12 bits per heavy atom. The van der Waals surface area contributed by atoms with Gasteiger partial charge in [0.25, 0.3) is 5.91 Å². The molecule has 0 aromatic heterocycles. The van der Waals surface area contributed by atoms with Gasteiger partial charge in [-0.2, -0.15) is 0 Å². The van der Waals surface area contributed by atoms with Crippen molar-refractivity contribution < 1.29 is 4.79 Å². The summed E-state index contributed by atoms with van der Waals surface area (Å²) in [4.78, 5) is 17.7. The summed E-state index contributed by atoms with van der Waals surface area (Å²) in [5.74, 6) is 0.781.